The highest BCUT2D eigenvalue weighted by Crippen LogP contribution is 2.25. The summed E-state index contributed by atoms with van der Waals surface area (Å²) >= 11 is 1.32. The van der Waals surface area contributed by atoms with E-state index in [1.807, 2.05) is 82.6 Å². The molecule has 1 aromatic heterocycles. The Balaban J connectivity index is 1.67. The highest BCUT2D eigenvalue weighted by Gasteiger charge is 2.25. The predicted molar refractivity (Wildman–Crippen MR) is 132 cm³/mol. The molecule has 0 radical (unpaired) electrons. The third kappa shape index (κ3) is 6.22. The molecule has 0 saturated carbocycles. The first kappa shape index (κ1) is 24.5. The first-order valence-corrected chi connectivity index (χ1v) is 11.9. The van der Waals surface area contributed by atoms with Gasteiger partial charge in [0, 0.05) is 18.3 Å². The molecule has 0 bridgehead atoms. The van der Waals surface area contributed by atoms with Gasteiger partial charge in [0.2, 0.25) is 5.91 Å². The summed E-state index contributed by atoms with van der Waals surface area (Å²) in [5, 5.41) is 15.3. The first-order chi connectivity index (χ1) is 15.7. The van der Waals surface area contributed by atoms with Gasteiger partial charge >= 0.3 is 0 Å². The third-order valence-electron chi connectivity index (χ3n) is 5.37. The van der Waals surface area contributed by atoms with Crippen LogP contribution in [0.2, 0.25) is 0 Å². The standard InChI is InChI=1S/C25H31N5O2S/c1-15(2)22(27-24(32)19-9-7-8-16(3)13-19)23-28-29-25(30(23)6)33-14-21(31)26-20-11-10-17(4)12-18(20)5/h7-13,15,22H,14H2,1-6H3,(H,26,31)(H,27,32)/t22-/m1/s1. The van der Waals surface area contributed by atoms with E-state index >= 15 is 0 Å². The number of hydrogen-bond acceptors (Lipinski definition) is 5. The molecule has 174 valence electrons. The SMILES string of the molecule is Cc1cccc(C(=O)N[C@@H](c2nnc(SCC(=O)Nc3ccc(C)cc3C)n2C)C(C)C)c1. The smallest absolute Gasteiger partial charge is 0.251 e. The largest absolute Gasteiger partial charge is 0.342 e. The van der Waals surface area contributed by atoms with Gasteiger partial charge in [-0.1, -0.05) is 61.0 Å². The van der Waals surface area contributed by atoms with Gasteiger partial charge in [-0.3, -0.25) is 9.59 Å². The molecule has 0 unspecified atom stereocenters. The first-order valence-electron chi connectivity index (χ1n) is 10.9. The van der Waals surface area contributed by atoms with Crippen LogP contribution in [0.5, 0.6) is 0 Å². The number of anilines is 1. The Labute approximate surface area is 199 Å². The molecule has 2 N–H and O–H groups in total. The van der Waals surface area contributed by atoms with Crippen molar-refractivity contribution in [3.05, 3.63) is 70.5 Å². The molecule has 3 aromatic rings. The zero-order valence-electron chi connectivity index (χ0n) is 20.0. The lowest BCUT2D eigenvalue weighted by Gasteiger charge is -2.21. The number of thioether (sulfide) groups is 1. The molecule has 1 heterocycles. The van der Waals surface area contributed by atoms with E-state index < -0.39 is 0 Å². The van der Waals surface area contributed by atoms with Crippen molar-refractivity contribution in [2.45, 2.75) is 45.8 Å². The monoisotopic (exact) mass is 465 g/mol. The number of benzene rings is 2. The van der Waals surface area contributed by atoms with Crippen molar-refractivity contribution in [2.24, 2.45) is 13.0 Å². The number of hydrogen-bond donors (Lipinski definition) is 2. The summed E-state index contributed by atoms with van der Waals surface area (Å²) in [5.41, 5.74) is 4.63. The van der Waals surface area contributed by atoms with Gasteiger partial charge in [0.15, 0.2) is 11.0 Å². The lowest BCUT2D eigenvalue weighted by Crippen LogP contribution is -2.33. The van der Waals surface area contributed by atoms with Crippen LogP contribution in [-0.2, 0) is 11.8 Å². The molecule has 7 nitrogen and oxygen atoms in total. The average molecular weight is 466 g/mol. The maximum absolute atomic E-state index is 12.8. The van der Waals surface area contributed by atoms with Gasteiger partial charge < -0.3 is 15.2 Å². The lowest BCUT2D eigenvalue weighted by molar-refractivity contribution is -0.113. The Bertz CT molecular complexity index is 1160. The Morgan fingerprint density at radius 1 is 1.03 bits per heavy atom. The quantitative estimate of drug-likeness (QED) is 0.475. The van der Waals surface area contributed by atoms with E-state index in [0.29, 0.717) is 16.5 Å². The summed E-state index contributed by atoms with van der Waals surface area (Å²) in [7, 11) is 1.86. The van der Waals surface area contributed by atoms with Crippen LogP contribution in [0, 0.1) is 26.7 Å². The molecule has 33 heavy (non-hydrogen) atoms. The summed E-state index contributed by atoms with van der Waals surface area (Å²) in [4.78, 5) is 25.3. The summed E-state index contributed by atoms with van der Waals surface area (Å²) in [6, 6.07) is 13.1. The predicted octanol–water partition coefficient (Wildman–Crippen LogP) is 4.60. The average Bonchev–Trinajstić information content (AvgIpc) is 3.12. The van der Waals surface area contributed by atoms with Gasteiger partial charge in [-0.05, 0) is 50.5 Å². The normalized spacial score (nSPS) is 12.0. The fraction of sp³-hybridized carbons (Fsp3) is 0.360. The second-order valence-corrected chi connectivity index (χ2v) is 9.56. The van der Waals surface area contributed by atoms with Gasteiger partial charge in [-0.2, -0.15) is 0 Å². The Morgan fingerprint density at radius 2 is 1.76 bits per heavy atom. The number of nitrogens with zero attached hydrogens (tertiary/aromatic N) is 3. The number of amides is 2. The number of carbonyl (C=O) groups is 2. The minimum Gasteiger partial charge on any atom is -0.342 e. The molecular weight excluding hydrogens is 434 g/mol. The maximum atomic E-state index is 12.8. The fourth-order valence-electron chi connectivity index (χ4n) is 3.53. The second kappa shape index (κ2) is 10.7. The lowest BCUT2D eigenvalue weighted by atomic mass is 10.0. The fourth-order valence-corrected chi connectivity index (χ4v) is 4.25. The summed E-state index contributed by atoms with van der Waals surface area (Å²) < 4.78 is 1.84. The van der Waals surface area contributed by atoms with Crippen LogP contribution in [0.4, 0.5) is 5.69 Å². The molecular formula is C25H31N5O2S. The van der Waals surface area contributed by atoms with Crippen molar-refractivity contribution in [3.8, 4) is 0 Å². The molecule has 2 aromatic carbocycles. The van der Waals surface area contributed by atoms with Crippen LogP contribution < -0.4 is 10.6 Å². The highest BCUT2D eigenvalue weighted by atomic mass is 32.2. The molecule has 0 spiro atoms. The highest BCUT2D eigenvalue weighted by molar-refractivity contribution is 7.99. The van der Waals surface area contributed by atoms with Gasteiger partial charge in [0.25, 0.3) is 5.91 Å². The van der Waals surface area contributed by atoms with Crippen molar-refractivity contribution in [1.29, 1.82) is 0 Å². The van der Waals surface area contributed by atoms with Crippen LogP contribution in [0.3, 0.4) is 0 Å². The summed E-state index contributed by atoms with van der Waals surface area (Å²) in [6.45, 7) is 10.0. The molecule has 0 fully saturated rings. The number of aryl methyl sites for hydroxylation is 3. The van der Waals surface area contributed by atoms with E-state index in [1.165, 1.54) is 11.8 Å². The van der Waals surface area contributed by atoms with E-state index in [4.69, 9.17) is 0 Å². The number of aromatic nitrogens is 3. The minimum absolute atomic E-state index is 0.104. The molecule has 8 heteroatoms. The molecule has 0 aliphatic heterocycles. The molecule has 2 amide bonds. The number of carbonyl (C=O) groups excluding carboxylic acids is 2. The molecule has 1 atom stereocenters. The Morgan fingerprint density at radius 3 is 2.42 bits per heavy atom. The topological polar surface area (TPSA) is 88.9 Å². The molecule has 0 aliphatic rings. The number of rotatable bonds is 8. The minimum atomic E-state index is -0.311. The van der Waals surface area contributed by atoms with Crippen LogP contribution in [0.15, 0.2) is 47.6 Å². The van der Waals surface area contributed by atoms with E-state index in [2.05, 4.69) is 20.8 Å². The van der Waals surface area contributed by atoms with Crippen molar-refractivity contribution in [1.82, 2.24) is 20.1 Å². The van der Waals surface area contributed by atoms with Crippen molar-refractivity contribution >= 4 is 29.3 Å². The zero-order valence-corrected chi connectivity index (χ0v) is 20.8. The van der Waals surface area contributed by atoms with Crippen LogP contribution in [0.25, 0.3) is 0 Å². The van der Waals surface area contributed by atoms with Gasteiger partial charge in [-0.15, -0.1) is 10.2 Å². The van der Waals surface area contributed by atoms with Crippen molar-refractivity contribution < 1.29 is 9.59 Å². The second-order valence-electron chi connectivity index (χ2n) is 8.62. The van der Waals surface area contributed by atoms with Crippen molar-refractivity contribution in [2.75, 3.05) is 11.1 Å². The van der Waals surface area contributed by atoms with Gasteiger partial charge in [-0.25, -0.2) is 0 Å². The van der Waals surface area contributed by atoms with E-state index in [1.54, 1.807) is 6.07 Å². The number of nitrogens with one attached hydrogen (secondary N) is 2. The van der Waals surface area contributed by atoms with E-state index in [0.717, 1.165) is 22.4 Å². The molecule has 3 rings (SSSR count). The van der Waals surface area contributed by atoms with Crippen LogP contribution in [0.1, 0.15) is 52.8 Å². The molecule has 0 aliphatic carbocycles. The molecule has 0 saturated heterocycles. The van der Waals surface area contributed by atoms with E-state index in [-0.39, 0.29) is 29.5 Å². The van der Waals surface area contributed by atoms with Crippen molar-refractivity contribution in [3.63, 3.8) is 0 Å². The third-order valence-corrected chi connectivity index (χ3v) is 6.39. The van der Waals surface area contributed by atoms with Gasteiger partial charge in [0.1, 0.15) is 0 Å². The Kier molecular flexibility index (Phi) is 7.92. The zero-order chi connectivity index (χ0) is 24.1. The van der Waals surface area contributed by atoms with Crippen LogP contribution >= 0.6 is 11.8 Å². The summed E-state index contributed by atoms with van der Waals surface area (Å²) in [5.74, 6) is 0.712. The van der Waals surface area contributed by atoms with Crippen LogP contribution in [-0.4, -0.2) is 32.3 Å². The Hall–Kier alpha value is -3.13. The van der Waals surface area contributed by atoms with E-state index in [9.17, 15) is 9.59 Å². The summed E-state index contributed by atoms with van der Waals surface area (Å²) in [6.07, 6.45) is 0. The maximum Gasteiger partial charge on any atom is 0.251 e. The van der Waals surface area contributed by atoms with Gasteiger partial charge in [0.05, 0.1) is 11.8 Å².